The van der Waals surface area contributed by atoms with E-state index in [2.05, 4.69) is 10.4 Å². The molecule has 0 aliphatic carbocycles. The summed E-state index contributed by atoms with van der Waals surface area (Å²) in [4.78, 5) is 23.5. The monoisotopic (exact) mass is 389 g/mol. The molecule has 0 bridgehead atoms. The molecule has 0 radical (unpaired) electrons. The molecule has 27 heavy (non-hydrogen) atoms. The van der Waals surface area contributed by atoms with E-state index in [1.54, 1.807) is 19.2 Å². The van der Waals surface area contributed by atoms with Gasteiger partial charge in [-0.1, -0.05) is 0 Å². The van der Waals surface area contributed by atoms with Crippen LogP contribution in [0.2, 0.25) is 0 Å². The number of amides is 1. The zero-order valence-electron chi connectivity index (χ0n) is 16.4. The van der Waals surface area contributed by atoms with Crippen molar-refractivity contribution < 1.29 is 14.3 Å². The molecule has 2 aromatic rings. The number of thioether (sulfide) groups is 1. The Hall–Kier alpha value is -2.28. The number of hydrogen-bond donors (Lipinski definition) is 1. The summed E-state index contributed by atoms with van der Waals surface area (Å²) in [5.41, 5.74) is 3.72. The van der Waals surface area contributed by atoms with Crippen molar-refractivity contribution in [3.63, 3.8) is 0 Å². The molecule has 7 heteroatoms. The lowest BCUT2D eigenvalue weighted by molar-refractivity contribution is -0.118. The molecule has 0 spiro atoms. The number of ketones is 1. The topological polar surface area (TPSA) is 73.2 Å². The molecule has 1 amide bonds. The summed E-state index contributed by atoms with van der Waals surface area (Å²) >= 11 is 1.50. The van der Waals surface area contributed by atoms with Crippen molar-refractivity contribution in [2.75, 3.05) is 19.4 Å². The molecule has 146 valence electrons. The Morgan fingerprint density at radius 1 is 1.26 bits per heavy atom. The molecule has 6 nitrogen and oxygen atoms in total. The average molecular weight is 390 g/mol. The van der Waals surface area contributed by atoms with E-state index in [9.17, 15) is 9.59 Å². The Kier molecular flexibility index (Phi) is 7.91. The van der Waals surface area contributed by atoms with Gasteiger partial charge in [-0.2, -0.15) is 5.10 Å². The number of carbonyl (C=O) groups is 2. The number of aromatic nitrogens is 2. The van der Waals surface area contributed by atoms with Gasteiger partial charge >= 0.3 is 0 Å². The number of rotatable bonds is 10. The van der Waals surface area contributed by atoms with Crippen LogP contribution >= 0.6 is 11.8 Å². The van der Waals surface area contributed by atoms with E-state index in [0.717, 1.165) is 35.7 Å². The second-order valence-electron chi connectivity index (χ2n) is 6.43. The highest BCUT2D eigenvalue weighted by atomic mass is 32.2. The summed E-state index contributed by atoms with van der Waals surface area (Å²) in [6, 6.07) is 7.43. The van der Waals surface area contributed by atoms with E-state index in [1.165, 1.54) is 18.7 Å². The van der Waals surface area contributed by atoms with E-state index in [-0.39, 0.29) is 11.7 Å². The first-order valence-electron chi connectivity index (χ1n) is 8.94. The Bertz CT molecular complexity index is 802. The van der Waals surface area contributed by atoms with Crippen molar-refractivity contribution in [1.82, 2.24) is 15.1 Å². The SMILES string of the molecule is COc1ccc(C(C)=O)cc1CSCC(=O)NCCCn1nc(C)cc1C. The number of Topliss-reactive ketones (excluding diaryl/α,β-unsaturated/α-hetero) is 1. The number of methoxy groups -OCH3 is 1. The third kappa shape index (κ3) is 6.43. The lowest BCUT2D eigenvalue weighted by Crippen LogP contribution is -2.27. The lowest BCUT2D eigenvalue weighted by atomic mass is 10.1. The first kappa shape index (κ1) is 21.0. The van der Waals surface area contributed by atoms with Gasteiger partial charge in [-0.3, -0.25) is 14.3 Å². The molecule has 1 aromatic carbocycles. The summed E-state index contributed by atoms with van der Waals surface area (Å²) in [5, 5.41) is 7.35. The third-order valence-corrected chi connectivity index (χ3v) is 5.13. The molecule has 1 aromatic heterocycles. The van der Waals surface area contributed by atoms with Crippen LogP contribution in [0, 0.1) is 13.8 Å². The van der Waals surface area contributed by atoms with Crippen LogP contribution in [0.5, 0.6) is 5.75 Å². The predicted octanol–water partition coefficient (Wildman–Crippen LogP) is 3.15. The number of nitrogens with one attached hydrogen (secondary N) is 1. The van der Waals surface area contributed by atoms with Crippen LogP contribution in [0.4, 0.5) is 0 Å². The first-order chi connectivity index (χ1) is 12.9. The van der Waals surface area contributed by atoms with E-state index in [4.69, 9.17) is 4.74 Å². The van der Waals surface area contributed by atoms with Crippen molar-refractivity contribution in [3.8, 4) is 5.75 Å². The van der Waals surface area contributed by atoms with Crippen LogP contribution in [-0.2, 0) is 17.1 Å². The molecule has 0 unspecified atom stereocenters. The van der Waals surface area contributed by atoms with Gasteiger partial charge in [0.2, 0.25) is 5.91 Å². The zero-order chi connectivity index (χ0) is 19.8. The largest absolute Gasteiger partial charge is 0.496 e. The summed E-state index contributed by atoms with van der Waals surface area (Å²) in [7, 11) is 1.60. The van der Waals surface area contributed by atoms with E-state index >= 15 is 0 Å². The smallest absolute Gasteiger partial charge is 0.230 e. The van der Waals surface area contributed by atoms with Crippen LogP contribution in [0.25, 0.3) is 0 Å². The van der Waals surface area contributed by atoms with Gasteiger partial charge < -0.3 is 10.1 Å². The Morgan fingerprint density at radius 2 is 2.04 bits per heavy atom. The standard InChI is InChI=1S/C20H27N3O3S/c1-14-10-15(2)23(22-14)9-5-8-21-20(25)13-27-12-18-11-17(16(3)24)6-7-19(18)26-4/h6-7,10-11H,5,8-9,12-13H2,1-4H3,(H,21,25). The minimum atomic E-state index is 0.00931. The highest BCUT2D eigenvalue weighted by Crippen LogP contribution is 2.24. The van der Waals surface area contributed by atoms with Gasteiger partial charge in [-0.15, -0.1) is 11.8 Å². The molecule has 0 saturated carbocycles. The maximum atomic E-state index is 12.0. The highest BCUT2D eigenvalue weighted by molar-refractivity contribution is 7.99. The van der Waals surface area contributed by atoms with Gasteiger partial charge in [0.25, 0.3) is 0 Å². The first-order valence-corrected chi connectivity index (χ1v) is 10.1. The molecule has 0 aliphatic rings. The molecular formula is C20H27N3O3S. The molecule has 0 aliphatic heterocycles. The molecular weight excluding hydrogens is 362 g/mol. The maximum Gasteiger partial charge on any atom is 0.230 e. The van der Waals surface area contributed by atoms with Crippen molar-refractivity contribution in [2.45, 2.75) is 39.5 Å². The third-order valence-electron chi connectivity index (χ3n) is 4.15. The maximum absolute atomic E-state index is 12.0. The summed E-state index contributed by atoms with van der Waals surface area (Å²) in [6.45, 7) is 6.97. The Balaban J connectivity index is 1.72. The van der Waals surface area contributed by atoms with Crippen molar-refractivity contribution in [2.24, 2.45) is 0 Å². The summed E-state index contributed by atoms with van der Waals surface area (Å²) in [5.74, 6) is 1.74. The van der Waals surface area contributed by atoms with Gasteiger partial charge in [0.15, 0.2) is 5.78 Å². The minimum absolute atomic E-state index is 0.00931. The fourth-order valence-electron chi connectivity index (χ4n) is 2.77. The van der Waals surface area contributed by atoms with Crippen molar-refractivity contribution in [1.29, 1.82) is 0 Å². The van der Waals surface area contributed by atoms with Gasteiger partial charge in [0.1, 0.15) is 5.75 Å². The van der Waals surface area contributed by atoms with Gasteiger partial charge in [0, 0.05) is 35.7 Å². The summed E-state index contributed by atoms with van der Waals surface area (Å²) < 4.78 is 7.30. The van der Waals surface area contributed by atoms with Crippen molar-refractivity contribution >= 4 is 23.5 Å². The van der Waals surface area contributed by atoms with E-state index in [0.29, 0.717) is 23.6 Å². The number of hydrogen-bond acceptors (Lipinski definition) is 5. The minimum Gasteiger partial charge on any atom is -0.496 e. The van der Waals surface area contributed by atoms with E-state index < -0.39 is 0 Å². The van der Waals surface area contributed by atoms with Crippen LogP contribution in [-0.4, -0.2) is 40.9 Å². The molecule has 0 fully saturated rings. The second kappa shape index (κ2) is 10.2. The fourth-order valence-corrected chi connectivity index (χ4v) is 3.61. The lowest BCUT2D eigenvalue weighted by Gasteiger charge is -2.10. The molecule has 1 heterocycles. The van der Waals surface area contributed by atoms with Crippen molar-refractivity contribution in [3.05, 3.63) is 46.8 Å². The van der Waals surface area contributed by atoms with Crippen LogP contribution in [0.3, 0.4) is 0 Å². The quantitative estimate of drug-likeness (QED) is 0.499. The fraction of sp³-hybridized carbons (Fsp3) is 0.450. The predicted molar refractivity (Wildman–Crippen MR) is 108 cm³/mol. The highest BCUT2D eigenvalue weighted by Gasteiger charge is 2.09. The normalized spacial score (nSPS) is 10.7. The number of nitrogens with zero attached hydrogens (tertiary/aromatic N) is 2. The van der Waals surface area contributed by atoms with Gasteiger partial charge in [0.05, 0.1) is 18.6 Å². The van der Waals surface area contributed by atoms with Crippen LogP contribution in [0.1, 0.15) is 40.7 Å². The Morgan fingerprint density at radius 3 is 2.67 bits per heavy atom. The number of carbonyl (C=O) groups excluding carboxylic acids is 2. The second-order valence-corrected chi connectivity index (χ2v) is 7.41. The van der Waals surface area contributed by atoms with Crippen LogP contribution < -0.4 is 10.1 Å². The van der Waals surface area contributed by atoms with Gasteiger partial charge in [-0.05, 0) is 51.5 Å². The Labute approximate surface area is 164 Å². The van der Waals surface area contributed by atoms with E-state index in [1.807, 2.05) is 30.7 Å². The van der Waals surface area contributed by atoms with Crippen LogP contribution in [0.15, 0.2) is 24.3 Å². The number of ether oxygens (including phenoxy) is 1. The molecule has 2 rings (SSSR count). The number of benzene rings is 1. The summed E-state index contributed by atoms with van der Waals surface area (Å²) in [6.07, 6.45) is 0.840. The molecule has 0 saturated heterocycles. The zero-order valence-corrected chi connectivity index (χ0v) is 17.2. The molecule has 1 N–H and O–H groups in total. The molecule has 0 atom stereocenters. The average Bonchev–Trinajstić information content (AvgIpc) is 2.95. The van der Waals surface area contributed by atoms with Gasteiger partial charge in [-0.25, -0.2) is 0 Å². The number of aryl methyl sites for hydroxylation is 3.